The van der Waals surface area contributed by atoms with E-state index in [1.807, 2.05) is 0 Å². The van der Waals surface area contributed by atoms with Gasteiger partial charge in [0.05, 0.1) is 19.6 Å². The number of rotatable bonds is 8. The Balaban J connectivity index is 2.00. The molecule has 1 rings (SSSR count). The van der Waals surface area contributed by atoms with Crippen LogP contribution in [0, 0.1) is 0 Å². The Labute approximate surface area is 127 Å². The highest BCUT2D eigenvalue weighted by Crippen LogP contribution is 2.20. The van der Waals surface area contributed by atoms with Crippen LogP contribution in [-0.2, 0) is 14.3 Å². The van der Waals surface area contributed by atoms with E-state index in [4.69, 9.17) is 4.74 Å². The first kappa shape index (κ1) is 17.8. The molecule has 0 aliphatic heterocycles. The van der Waals surface area contributed by atoms with Gasteiger partial charge in [0.2, 0.25) is 0 Å². The van der Waals surface area contributed by atoms with Crippen molar-refractivity contribution in [1.82, 2.24) is 10.6 Å². The molecule has 1 aliphatic carbocycles. The highest BCUT2D eigenvalue weighted by Gasteiger charge is 2.12. The van der Waals surface area contributed by atoms with E-state index in [0.717, 1.165) is 19.6 Å². The van der Waals surface area contributed by atoms with Crippen LogP contribution in [-0.4, -0.2) is 51.9 Å². The maximum atomic E-state index is 11.0. The Morgan fingerprint density at radius 3 is 2.57 bits per heavy atom. The SMILES string of the molecule is CN=C(NCCCOC1CCCCC1)NCCC(=O)OC. The largest absolute Gasteiger partial charge is 0.469 e. The molecule has 0 aromatic heterocycles. The Morgan fingerprint density at radius 2 is 1.90 bits per heavy atom. The summed E-state index contributed by atoms with van der Waals surface area (Å²) in [7, 11) is 3.10. The maximum absolute atomic E-state index is 11.0. The molecular weight excluding hydrogens is 270 g/mol. The van der Waals surface area contributed by atoms with Gasteiger partial charge in [-0.2, -0.15) is 0 Å². The quantitative estimate of drug-likeness (QED) is 0.307. The fraction of sp³-hybridized carbons (Fsp3) is 0.867. The van der Waals surface area contributed by atoms with Crippen molar-refractivity contribution in [1.29, 1.82) is 0 Å². The van der Waals surface area contributed by atoms with Crippen LogP contribution in [0.2, 0.25) is 0 Å². The van der Waals surface area contributed by atoms with Gasteiger partial charge in [-0.25, -0.2) is 0 Å². The van der Waals surface area contributed by atoms with E-state index in [1.165, 1.54) is 39.2 Å². The zero-order valence-corrected chi connectivity index (χ0v) is 13.3. The van der Waals surface area contributed by atoms with Crippen molar-refractivity contribution in [3.63, 3.8) is 0 Å². The van der Waals surface area contributed by atoms with Gasteiger partial charge >= 0.3 is 5.97 Å². The summed E-state index contributed by atoms with van der Waals surface area (Å²) in [6, 6.07) is 0. The van der Waals surface area contributed by atoms with Gasteiger partial charge in [0, 0.05) is 26.7 Å². The number of aliphatic imine (C=N–C) groups is 1. The van der Waals surface area contributed by atoms with Crippen LogP contribution in [0.3, 0.4) is 0 Å². The van der Waals surface area contributed by atoms with E-state index in [2.05, 4.69) is 20.4 Å². The van der Waals surface area contributed by atoms with E-state index in [9.17, 15) is 4.79 Å². The van der Waals surface area contributed by atoms with E-state index >= 15 is 0 Å². The summed E-state index contributed by atoms with van der Waals surface area (Å²) in [6.07, 6.45) is 8.15. The molecule has 0 aromatic rings. The number of hydrogen-bond acceptors (Lipinski definition) is 4. The summed E-state index contributed by atoms with van der Waals surface area (Å²) in [5, 5.41) is 6.28. The molecule has 0 radical (unpaired) electrons. The van der Waals surface area contributed by atoms with Crippen molar-refractivity contribution < 1.29 is 14.3 Å². The molecule has 0 spiro atoms. The first-order valence-corrected chi connectivity index (χ1v) is 7.89. The van der Waals surface area contributed by atoms with Crippen LogP contribution in [0.5, 0.6) is 0 Å². The van der Waals surface area contributed by atoms with Gasteiger partial charge < -0.3 is 20.1 Å². The topological polar surface area (TPSA) is 72.0 Å². The third-order valence-corrected chi connectivity index (χ3v) is 3.59. The normalized spacial score (nSPS) is 16.6. The zero-order valence-electron chi connectivity index (χ0n) is 13.3. The maximum Gasteiger partial charge on any atom is 0.307 e. The zero-order chi connectivity index (χ0) is 15.3. The second-order valence-electron chi connectivity index (χ2n) is 5.24. The molecule has 1 saturated carbocycles. The molecule has 6 nitrogen and oxygen atoms in total. The number of hydrogen-bond donors (Lipinski definition) is 2. The predicted molar refractivity (Wildman–Crippen MR) is 83.4 cm³/mol. The molecule has 0 heterocycles. The fourth-order valence-corrected chi connectivity index (χ4v) is 2.37. The molecule has 122 valence electrons. The van der Waals surface area contributed by atoms with Crippen LogP contribution in [0.4, 0.5) is 0 Å². The first-order chi connectivity index (χ1) is 10.3. The molecule has 0 unspecified atom stereocenters. The number of ether oxygens (including phenoxy) is 2. The van der Waals surface area contributed by atoms with Crippen LogP contribution >= 0.6 is 0 Å². The van der Waals surface area contributed by atoms with Gasteiger partial charge in [0.25, 0.3) is 0 Å². The number of nitrogens with zero attached hydrogens (tertiary/aromatic N) is 1. The lowest BCUT2D eigenvalue weighted by molar-refractivity contribution is -0.140. The fourth-order valence-electron chi connectivity index (χ4n) is 2.37. The van der Waals surface area contributed by atoms with Crippen molar-refractivity contribution in [3.8, 4) is 0 Å². The standard InChI is InChI=1S/C15H29N3O3/c1-16-15(18-11-9-14(19)20-2)17-10-6-12-21-13-7-4-3-5-8-13/h13H,3-12H2,1-2H3,(H2,16,17,18). The lowest BCUT2D eigenvalue weighted by Gasteiger charge is -2.22. The summed E-state index contributed by atoms with van der Waals surface area (Å²) >= 11 is 0. The number of carbonyl (C=O) groups is 1. The van der Waals surface area contributed by atoms with Gasteiger partial charge in [0.15, 0.2) is 5.96 Å². The van der Waals surface area contributed by atoms with Crippen LogP contribution in [0.1, 0.15) is 44.9 Å². The van der Waals surface area contributed by atoms with Gasteiger partial charge in [0.1, 0.15) is 0 Å². The monoisotopic (exact) mass is 299 g/mol. The van der Waals surface area contributed by atoms with E-state index < -0.39 is 0 Å². The molecule has 0 aromatic carbocycles. The predicted octanol–water partition coefficient (Wildman–Crippen LogP) is 1.45. The highest BCUT2D eigenvalue weighted by molar-refractivity contribution is 5.80. The average molecular weight is 299 g/mol. The second-order valence-corrected chi connectivity index (χ2v) is 5.24. The van der Waals surface area contributed by atoms with E-state index in [1.54, 1.807) is 7.05 Å². The lowest BCUT2D eigenvalue weighted by Crippen LogP contribution is -2.39. The molecule has 1 fully saturated rings. The minimum Gasteiger partial charge on any atom is -0.469 e. The molecule has 21 heavy (non-hydrogen) atoms. The van der Waals surface area contributed by atoms with E-state index in [-0.39, 0.29) is 5.97 Å². The summed E-state index contributed by atoms with van der Waals surface area (Å²) in [5.41, 5.74) is 0. The highest BCUT2D eigenvalue weighted by atomic mass is 16.5. The van der Waals surface area contributed by atoms with Crippen molar-refractivity contribution in [2.75, 3.05) is 33.9 Å². The Kier molecular flexibility index (Phi) is 9.61. The average Bonchev–Trinajstić information content (AvgIpc) is 2.53. The Hall–Kier alpha value is -1.30. The summed E-state index contributed by atoms with van der Waals surface area (Å²) in [5.74, 6) is 0.482. The van der Waals surface area contributed by atoms with Crippen molar-refractivity contribution in [2.45, 2.75) is 51.0 Å². The molecule has 1 aliphatic rings. The van der Waals surface area contributed by atoms with Crippen molar-refractivity contribution >= 4 is 11.9 Å². The van der Waals surface area contributed by atoms with Gasteiger partial charge in [-0.15, -0.1) is 0 Å². The number of esters is 1. The minimum atomic E-state index is -0.223. The number of carbonyl (C=O) groups excluding carboxylic acids is 1. The molecule has 0 amide bonds. The molecular formula is C15H29N3O3. The third kappa shape index (κ3) is 8.55. The van der Waals surface area contributed by atoms with Gasteiger partial charge in [-0.05, 0) is 19.3 Å². The van der Waals surface area contributed by atoms with Crippen molar-refractivity contribution in [2.24, 2.45) is 4.99 Å². The number of guanidine groups is 1. The molecule has 0 bridgehead atoms. The molecule has 6 heteroatoms. The lowest BCUT2D eigenvalue weighted by atomic mass is 9.98. The van der Waals surface area contributed by atoms with Crippen LogP contribution < -0.4 is 10.6 Å². The smallest absolute Gasteiger partial charge is 0.307 e. The second kappa shape index (κ2) is 11.4. The number of methoxy groups -OCH3 is 1. The summed E-state index contributed by atoms with van der Waals surface area (Å²) in [6.45, 7) is 2.12. The Bertz CT molecular complexity index is 315. The van der Waals surface area contributed by atoms with Crippen molar-refractivity contribution in [3.05, 3.63) is 0 Å². The molecule has 0 atom stereocenters. The third-order valence-electron chi connectivity index (χ3n) is 3.59. The van der Waals surface area contributed by atoms with Gasteiger partial charge in [-0.3, -0.25) is 9.79 Å². The van der Waals surface area contributed by atoms with Crippen LogP contribution in [0.15, 0.2) is 4.99 Å². The first-order valence-electron chi connectivity index (χ1n) is 7.89. The Morgan fingerprint density at radius 1 is 1.19 bits per heavy atom. The molecule has 0 saturated heterocycles. The van der Waals surface area contributed by atoms with Gasteiger partial charge in [-0.1, -0.05) is 19.3 Å². The summed E-state index contributed by atoms with van der Waals surface area (Å²) < 4.78 is 10.4. The van der Waals surface area contributed by atoms with Crippen LogP contribution in [0.25, 0.3) is 0 Å². The summed E-state index contributed by atoms with van der Waals surface area (Å²) in [4.78, 5) is 15.1. The number of nitrogens with one attached hydrogen (secondary N) is 2. The molecule has 2 N–H and O–H groups in total. The minimum absolute atomic E-state index is 0.223. The van der Waals surface area contributed by atoms with E-state index in [0.29, 0.717) is 25.0 Å².